The molecule has 180 valence electrons. The number of nitrogens with zero attached hydrogens (tertiary/aromatic N) is 9. The molecule has 1 saturated heterocycles. The van der Waals surface area contributed by atoms with E-state index in [2.05, 4.69) is 46.3 Å². The van der Waals surface area contributed by atoms with Crippen molar-refractivity contribution in [3.8, 4) is 22.7 Å². The molecule has 4 aromatic rings. The second kappa shape index (κ2) is 9.10. The smallest absolute Gasteiger partial charge is 0.314 e. The summed E-state index contributed by atoms with van der Waals surface area (Å²) in [7, 11) is 0. The average molecular weight is 479 g/mol. The summed E-state index contributed by atoms with van der Waals surface area (Å²) in [6.07, 6.45) is 5.06. The summed E-state index contributed by atoms with van der Waals surface area (Å²) in [6.45, 7) is 4.53. The van der Waals surface area contributed by atoms with Crippen molar-refractivity contribution in [2.75, 3.05) is 31.1 Å². The van der Waals surface area contributed by atoms with Crippen molar-refractivity contribution >= 4 is 5.82 Å². The van der Waals surface area contributed by atoms with Gasteiger partial charge in [-0.3, -0.25) is 9.88 Å². The highest BCUT2D eigenvalue weighted by molar-refractivity contribution is 5.62. The van der Waals surface area contributed by atoms with E-state index in [1.54, 1.807) is 16.8 Å². The fraction of sp³-hybridized carbons (Fsp3) is 0.391. The molecule has 0 atom stereocenters. The predicted molar refractivity (Wildman–Crippen MR) is 122 cm³/mol. The van der Waals surface area contributed by atoms with Gasteiger partial charge in [0.1, 0.15) is 11.5 Å². The highest BCUT2D eigenvalue weighted by Crippen LogP contribution is 2.29. The Hall–Kier alpha value is -3.80. The zero-order valence-electron chi connectivity index (χ0n) is 18.8. The third-order valence-corrected chi connectivity index (χ3v) is 6.30. The van der Waals surface area contributed by atoms with E-state index in [4.69, 9.17) is 4.42 Å². The zero-order valence-corrected chi connectivity index (χ0v) is 18.8. The van der Waals surface area contributed by atoms with Crippen LogP contribution < -0.4 is 4.90 Å². The van der Waals surface area contributed by atoms with E-state index in [9.17, 15) is 8.78 Å². The summed E-state index contributed by atoms with van der Waals surface area (Å²) in [5.41, 5.74) is 2.91. The van der Waals surface area contributed by atoms with Crippen LogP contribution in [-0.4, -0.2) is 72.3 Å². The van der Waals surface area contributed by atoms with Crippen LogP contribution in [0.15, 0.2) is 47.3 Å². The van der Waals surface area contributed by atoms with E-state index in [-0.39, 0.29) is 5.89 Å². The summed E-state index contributed by atoms with van der Waals surface area (Å²) in [4.78, 5) is 13.8. The molecule has 0 N–H and O–H groups in total. The molecule has 0 unspecified atom stereocenters. The largest absolute Gasteiger partial charge is 0.415 e. The van der Waals surface area contributed by atoms with Crippen molar-refractivity contribution in [2.24, 2.45) is 0 Å². The predicted octanol–water partition coefficient (Wildman–Crippen LogP) is 3.06. The number of rotatable bonds is 7. The first-order chi connectivity index (χ1) is 17.1. The minimum absolute atomic E-state index is 0.00448. The number of anilines is 1. The molecule has 10 nitrogen and oxygen atoms in total. The van der Waals surface area contributed by atoms with Gasteiger partial charge in [-0.1, -0.05) is 5.21 Å². The van der Waals surface area contributed by atoms with Crippen LogP contribution in [0, 0.1) is 0 Å². The van der Waals surface area contributed by atoms with Gasteiger partial charge in [-0.2, -0.15) is 8.78 Å². The van der Waals surface area contributed by atoms with Gasteiger partial charge in [0.25, 0.3) is 5.89 Å². The summed E-state index contributed by atoms with van der Waals surface area (Å²) in [5, 5.41) is 15.5. The number of pyridine rings is 2. The Morgan fingerprint density at radius 1 is 0.971 bits per heavy atom. The molecule has 1 aliphatic heterocycles. The molecule has 0 radical (unpaired) electrons. The van der Waals surface area contributed by atoms with Crippen molar-refractivity contribution in [2.45, 2.75) is 31.9 Å². The van der Waals surface area contributed by atoms with Crippen molar-refractivity contribution in [1.29, 1.82) is 0 Å². The fourth-order valence-corrected chi connectivity index (χ4v) is 4.26. The molecule has 4 aromatic heterocycles. The van der Waals surface area contributed by atoms with Crippen LogP contribution in [0.5, 0.6) is 0 Å². The maximum atomic E-state index is 12.7. The maximum Gasteiger partial charge on any atom is 0.314 e. The molecule has 12 heteroatoms. The van der Waals surface area contributed by atoms with E-state index >= 15 is 0 Å². The van der Waals surface area contributed by atoms with E-state index in [0.29, 0.717) is 12.1 Å². The Bertz CT molecular complexity index is 1290. The molecule has 0 amide bonds. The molecule has 0 bridgehead atoms. The van der Waals surface area contributed by atoms with Crippen LogP contribution in [-0.2, 0) is 6.54 Å². The van der Waals surface area contributed by atoms with Gasteiger partial charge in [0.05, 0.1) is 24.0 Å². The Kier molecular flexibility index (Phi) is 5.64. The van der Waals surface area contributed by atoms with Crippen LogP contribution in [0.2, 0.25) is 0 Å². The number of aromatic nitrogens is 7. The number of hydrogen-bond donors (Lipinski definition) is 0. The van der Waals surface area contributed by atoms with E-state index in [1.165, 1.54) is 19.0 Å². The summed E-state index contributed by atoms with van der Waals surface area (Å²) >= 11 is 0. The molecule has 2 fully saturated rings. The molecule has 2 aliphatic rings. The molecule has 6 rings (SSSR count). The maximum absolute atomic E-state index is 12.7. The Labute approximate surface area is 199 Å². The second-order valence-electron chi connectivity index (χ2n) is 8.74. The second-order valence-corrected chi connectivity index (χ2v) is 8.74. The van der Waals surface area contributed by atoms with E-state index in [1.807, 2.05) is 18.5 Å². The van der Waals surface area contributed by atoms with Crippen molar-refractivity contribution in [1.82, 2.24) is 40.1 Å². The van der Waals surface area contributed by atoms with Crippen molar-refractivity contribution in [3.05, 3.63) is 54.4 Å². The number of alkyl halides is 2. The van der Waals surface area contributed by atoms with Crippen molar-refractivity contribution < 1.29 is 13.2 Å². The van der Waals surface area contributed by atoms with E-state index < -0.39 is 12.3 Å². The first-order valence-electron chi connectivity index (χ1n) is 11.5. The SMILES string of the molecule is FC(F)c1nnc(-c2ccc(Cn3cc(-c4ccnc(N5CCN(C6CC6)CC5)c4)nn3)nc2)o1. The van der Waals surface area contributed by atoms with Gasteiger partial charge < -0.3 is 9.32 Å². The minimum atomic E-state index is -2.81. The molecule has 5 heterocycles. The molecule has 35 heavy (non-hydrogen) atoms. The first kappa shape index (κ1) is 21.7. The molecule has 0 spiro atoms. The van der Waals surface area contributed by atoms with Gasteiger partial charge in [-0.25, -0.2) is 9.67 Å². The standard InChI is InChI=1S/C23H23F2N9O/c24-21(25)23-30-29-22(35-23)16-1-2-17(27-12-16)13-34-14-19(28-31-34)15-5-6-26-20(11-15)33-9-7-32(8-10-33)18-3-4-18/h1-2,5-6,11-12,14,18,21H,3-4,7-10,13H2. The van der Waals surface area contributed by atoms with Crippen LogP contribution >= 0.6 is 0 Å². The molecular formula is C23H23F2N9O. The number of halogens is 2. The lowest BCUT2D eigenvalue weighted by Crippen LogP contribution is -2.47. The van der Waals surface area contributed by atoms with E-state index in [0.717, 1.165) is 55.0 Å². The molecule has 1 saturated carbocycles. The van der Waals surface area contributed by atoms with Crippen molar-refractivity contribution in [3.63, 3.8) is 0 Å². The molecular weight excluding hydrogens is 456 g/mol. The third kappa shape index (κ3) is 4.74. The third-order valence-electron chi connectivity index (χ3n) is 6.30. The first-order valence-corrected chi connectivity index (χ1v) is 11.5. The number of piperazine rings is 1. The summed E-state index contributed by atoms with van der Waals surface area (Å²) < 4.78 is 32.0. The van der Waals surface area contributed by atoms with Crippen LogP contribution in [0.4, 0.5) is 14.6 Å². The Balaban J connectivity index is 1.11. The molecule has 1 aliphatic carbocycles. The quantitative estimate of drug-likeness (QED) is 0.396. The highest BCUT2D eigenvalue weighted by Gasteiger charge is 2.31. The lowest BCUT2D eigenvalue weighted by molar-refractivity contribution is 0.116. The van der Waals surface area contributed by atoms with Gasteiger partial charge in [0.15, 0.2) is 0 Å². The Morgan fingerprint density at radius 2 is 1.83 bits per heavy atom. The summed E-state index contributed by atoms with van der Waals surface area (Å²) in [5.74, 6) is 0.254. The van der Waals surface area contributed by atoms with Crippen LogP contribution in [0.1, 0.15) is 30.9 Å². The zero-order chi connectivity index (χ0) is 23.8. The lowest BCUT2D eigenvalue weighted by atomic mass is 10.2. The minimum Gasteiger partial charge on any atom is -0.415 e. The normalized spacial score (nSPS) is 16.8. The summed E-state index contributed by atoms with van der Waals surface area (Å²) in [6, 6.07) is 8.25. The van der Waals surface area contributed by atoms with Gasteiger partial charge in [0, 0.05) is 50.2 Å². The van der Waals surface area contributed by atoms with Gasteiger partial charge in [-0.15, -0.1) is 15.3 Å². The highest BCUT2D eigenvalue weighted by atomic mass is 19.3. The Morgan fingerprint density at radius 3 is 2.54 bits per heavy atom. The topological polar surface area (TPSA) is 102 Å². The van der Waals surface area contributed by atoms with Gasteiger partial charge in [0.2, 0.25) is 5.89 Å². The van der Waals surface area contributed by atoms with Crippen LogP contribution in [0.3, 0.4) is 0 Å². The fourth-order valence-electron chi connectivity index (χ4n) is 4.26. The monoisotopic (exact) mass is 479 g/mol. The van der Waals surface area contributed by atoms with Gasteiger partial charge in [-0.05, 0) is 37.1 Å². The number of hydrogen-bond acceptors (Lipinski definition) is 9. The van der Waals surface area contributed by atoms with Gasteiger partial charge >= 0.3 is 6.43 Å². The van der Waals surface area contributed by atoms with Crippen LogP contribution in [0.25, 0.3) is 22.7 Å². The average Bonchev–Trinajstić information content (AvgIpc) is 3.42. The lowest BCUT2D eigenvalue weighted by Gasteiger charge is -2.35. The molecule has 0 aromatic carbocycles.